The Balaban J connectivity index is 1.22. The minimum Gasteiger partial charge on any atom is -0.486 e. The van der Waals surface area contributed by atoms with Gasteiger partial charge in [0, 0.05) is 43.7 Å². The lowest BCUT2D eigenvalue weighted by molar-refractivity contribution is 0.0301. The summed E-state index contributed by atoms with van der Waals surface area (Å²) in [5.41, 5.74) is 2.84. The molecule has 0 atom stereocenters. The maximum absolute atomic E-state index is 13.5. The van der Waals surface area contributed by atoms with Gasteiger partial charge >= 0.3 is 0 Å². The van der Waals surface area contributed by atoms with E-state index < -0.39 is 0 Å². The van der Waals surface area contributed by atoms with Crippen LogP contribution in [-0.2, 0) is 6.54 Å². The summed E-state index contributed by atoms with van der Waals surface area (Å²) in [5.74, 6) is 1.01. The van der Waals surface area contributed by atoms with E-state index in [1.165, 1.54) is 18.4 Å². The minimum absolute atomic E-state index is 0.0961. The third-order valence-corrected chi connectivity index (χ3v) is 8.26. The van der Waals surface area contributed by atoms with E-state index in [-0.39, 0.29) is 17.3 Å². The molecule has 6 heteroatoms. The molecule has 1 aromatic heterocycles. The van der Waals surface area contributed by atoms with Crippen LogP contribution in [0.15, 0.2) is 46.9 Å². The molecule has 2 aliphatic heterocycles. The van der Waals surface area contributed by atoms with Crippen LogP contribution in [0.2, 0.25) is 0 Å². The number of carbonyl (C=O) groups is 2. The number of benzene rings is 2. The highest BCUT2D eigenvalue weighted by molar-refractivity contribution is 6.13. The number of ketones is 1. The summed E-state index contributed by atoms with van der Waals surface area (Å²) in [6.07, 6.45) is 6.90. The first-order valence-corrected chi connectivity index (χ1v) is 13.4. The maximum Gasteiger partial charge on any atom is 0.289 e. The SMILES string of the molecule is Cc1c(C(=O)N2CCN(Cc3ccccc3)CC2)oc2ccc3c(c12)C(=O)CC1(CCCCCC1)O3. The quantitative estimate of drug-likeness (QED) is 0.471. The van der Waals surface area contributed by atoms with Crippen molar-refractivity contribution in [1.82, 2.24) is 9.80 Å². The van der Waals surface area contributed by atoms with Gasteiger partial charge in [-0.3, -0.25) is 14.5 Å². The second-order valence-electron chi connectivity index (χ2n) is 10.7. The molecule has 1 aliphatic carbocycles. The molecule has 0 N–H and O–H groups in total. The average Bonchev–Trinajstić information content (AvgIpc) is 3.06. The van der Waals surface area contributed by atoms with E-state index in [0.717, 1.165) is 56.3 Å². The Hall–Kier alpha value is -3.12. The van der Waals surface area contributed by atoms with Crippen LogP contribution in [-0.4, -0.2) is 53.3 Å². The van der Waals surface area contributed by atoms with E-state index in [4.69, 9.17) is 9.15 Å². The Morgan fingerprint density at radius 1 is 0.944 bits per heavy atom. The number of piperazine rings is 1. The van der Waals surface area contributed by atoms with Gasteiger partial charge in [0.05, 0.1) is 12.0 Å². The van der Waals surface area contributed by atoms with Gasteiger partial charge in [0.2, 0.25) is 0 Å². The molecule has 1 spiro atoms. The molecule has 6 rings (SSSR count). The van der Waals surface area contributed by atoms with Crippen molar-refractivity contribution in [3.8, 4) is 5.75 Å². The van der Waals surface area contributed by atoms with Crippen molar-refractivity contribution in [2.45, 2.75) is 64.0 Å². The number of ether oxygens (including phenoxy) is 1. The molecule has 3 aromatic rings. The summed E-state index contributed by atoms with van der Waals surface area (Å²) in [4.78, 5) is 31.2. The van der Waals surface area contributed by atoms with Crippen LogP contribution in [0.5, 0.6) is 5.75 Å². The first-order chi connectivity index (χ1) is 17.5. The molecule has 1 saturated heterocycles. The Bertz CT molecular complexity index is 1280. The Kier molecular flexibility index (Phi) is 6.08. The fourth-order valence-corrected chi connectivity index (χ4v) is 6.28. The summed E-state index contributed by atoms with van der Waals surface area (Å²) in [7, 11) is 0. The van der Waals surface area contributed by atoms with E-state index in [0.29, 0.717) is 42.2 Å². The van der Waals surface area contributed by atoms with Gasteiger partial charge in [0.25, 0.3) is 5.91 Å². The molecular formula is C30H34N2O4. The number of amides is 1. The summed E-state index contributed by atoms with van der Waals surface area (Å²) >= 11 is 0. The second kappa shape index (κ2) is 9.40. The van der Waals surface area contributed by atoms with Gasteiger partial charge in [-0.1, -0.05) is 43.2 Å². The highest BCUT2D eigenvalue weighted by Crippen LogP contribution is 2.45. The Labute approximate surface area is 212 Å². The van der Waals surface area contributed by atoms with Crippen molar-refractivity contribution in [3.63, 3.8) is 0 Å². The Morgan fingerprint density at radius 2 is 1.67 bits per heavy atom. The summed E-state index contributed by atoms with van der Waals surface area (Å²) in [5, 5.41) is 0.743. The van der Waals surface area contributed by atoms with E-state index in [2.05, 4.69) is 29.2 Å². The lowest BCUT2D eigenvalue weighted by Crippen LogP contribution is -2.48. The first kappa shape index (κ1) is 23.3. The number of Topliss-reactive ketones (excluding diaryl/α,β-unsaturated/α-hetero) is 1. The zero-order valence-electron chi connectivity index (χ0n) is 21.1. The summed E-state index contributed by atoms with van der Waals surface area (Å²) < 4.78 is 12.7. The third-order valence-electron chi connectivity index (χ3n) is 8.26. The van der Waals surface area contributed by atoms with E-state index in [1.54, 1.807) is 0 Å². The van der Waals surface area contributed by atoms with Crippen LogP contribution in [0.4, 0.5) is 0 Å². The lowest BCUT2D eigenvalue weighted by atomic mass is 9.83. The predicted molar refractivity (Wildman–Crippen MR) is 139 cm³/mol. The smallest absolute Gasteiger partial charge is 0.289 e. The van der Waals surface area contributed by atoms with Crippen molar-refractivity contribution in [3.05, 3.63) is 64.9 Å². The van der Waals surface area contributed by atoms with Crippen LogP contribution in [0.1, 0.15) is 77.0 Å². The number of aryl methyl sites for hydroxylation is 1. The molecule has 188 valence electrons. The molecule has 3 heterocycles. The molecule has 1 amide bonds. The van der Waals surface area contributed by atoms with Crippen molar-refractivity contribution < 1.29 is 18.7 Å². The van der Waals surface area contributed by atoms with Crippen LogP contribution >= 0.6 is 0 Å². The van der Waals surface area contributed by atoms with Crippen LogP contribution in [0.25, 0.3) is 11.0 Å². The first-order valence-electron chi connectivity index (χ1n) is 13.4. The molecule has 0 unspecified atom stereocenters. The fourth-order valence-electron chi connectivity index (χ4n) is 6.28. The predicted octanol–water partition coefficient (Wildman–Crippen LogP) is 5.76. The van der Waals surface area contributed by atoms with Gasteiger partial charge in [-0.2, -0.15) is 0 Å². The third kappa shape index (κ3) is 4.21. The summed E-state index contributed by atoms with van der Waals surface area (Å²) in [6.45, 7) is 5.75. The van der Waals surface area contributed by atoms with Crippen LogP contribution in [0.3, 0.4) is 0 Å². The molecular weight excluding hydrogens is 452 g/mol. The van der Waals surface area contributed by atoms with Crippen molar-refractivity contribution in [2.75, 3.05) is 26.2 Å². The summed E-state index contributed by atoms with van der Waals surface area (Å²) in [6, 6.07) is 14.1. The van der Waals surface area contributed by atoms with Gasteiger partial charge in [-0.15, -0.1) is 0 Å². The zero-order chi connectivity index (χ0) is 24.7. The van der Waals surface area contributed by atoms with Crippen molar-refractivity contribution in [2.24, 2.45) is 0 Å². The van der Waals surface area contributed by atoms with E-state index >= 15 is 0 Å². The minimum atomic E-state index is -0.371. The highest BCUT2D eigenvalue weighted by atomic mass is 16.5. The van der Waals surface area contributed by atoms with E-state index in [9.17, 15) is 9.59 Å². The topological polar surface area (TPSA) is 63.0 Å². The average molecular weight is 487 g/mol. The highest BCUT2D eigenvalue weighted by Gasteiger charge is 2.42. The largest absolute Gasteiger partial charge is 0.486 e. The van der Waals surface area contributed by atoms with Crippen LogP contribution < -0.4 is 4.74 Å². The zero-order valence-corrected chi connectivity index (χ0v) is 21.1. The van der Waals surface area contributed by atoms with Gasteiger partial charge in [-0.05, 0) is 50.3 Å². The molecule has 3 aliphatic rings. The molecule has 0 bridgehead atoms. The molecule has 6 nitrogen and oxygen atoms in total. The van der Waals surface area contributed by atoms with Gasteiger partial charge in [0.15, 0.2) is 11.5 Å². The molecule has 36 heavy (non-hydrogen) atoms. The molecule has 2 aromatic carbocycles. The fraction of sp³-hybridized carbons (Fsp3) is 0.467. The van der Waals surface area contributed by atoms with Crippen molar-refractivity contribution >= 4 is 22.7 Å². The Morgan fingerprint density at radius 3 is 2.39 bits per heavy atom. The number of rotatable bonds is 3. The normalized spacial score (nSPS) is 20.2. The van der Waals surface area contributed by atoms with Gasteiger partial charge < -0.3 is 14.1 Å². The molecule has 0 radical (unpaired) electrons. The van der Waals surface area contributed by atoms with E-state index in [1.807, 2.05) is 30.0 Å². The van der Waals surface area contributed by atoms with Crippen molar-refractivity contribution in [1.29, 1.82) is 0 Å². The standard InChI is InChI=1S/C30H34N2O4/c1-21-26-24(11-12-25-27(26)23(33)19-30(36-25)13-7-2-3-8-14-30)35-28(21)29(34)32-17-15-31(16-18-32)20-22-9-5-4-6-10-22/h4-6,9-12H,2-3,7-8,13-20H2,1H3. The monoisotopic (exact) mass is 486 g/mol. The maximum atomic E-state index is 13.5. The van der Waals surface area contributed by atoms with Gasteiger partial charge in [-0.25, -0.2) is 0 Å². The number of fused-ring (bicyclic) bond motifs is 3. The number of hydrogen-bond donors (Lipinski definition) is 0. The number of furan rings is 1. The second-order valence-corrected chi connectivity index (χ2v) is 10.7. The molecule has 2 fully saturated rings. The molecule has 1 saturated carbocycles. The lowest BCUT2D eigenvalue weighted by Gasteiger charge is -2.37. The van der Waals surface area contributed by atoms with Crippen LogP contribution in [0, 0.1) is 6.92 Å². The number of hydrogen-bond acceptors (Lipinski definition) is 5. The van der Waals surface area contributed by atoms with Gasteiger partial charge in [0.1, 0.15) is 16.9 Å². The number of carbonyl (C=O) groups excluding carboxylic acids is 2. The number of nitrogens with zero attached hydrogens (tertiary/aromatic N) is 2.